The summed E-state index contributed by atoms with van der Waals surface area (Å²) in [5, 5.41) is 0. The van der Waals surface area contributed by atoms with Crippen molar-refractivity contribution in [1.29, 1.82) is 0 Å². The van der Waals surface area contributed by atoms with Crippen molar-refractivity contribution in [2.24, 2.45) is 0 Å². The van der Waals surface area contributed by atoms with Gasteiger partial charge in [-0.3, -0.25) is 4.79 Å². The Balaban J connectivity index is 2.01. The van der Waals surface area contributed by atoms with Crippen LogP contribution >= 0.6 is 0 Å². The second-order valence-corrected chi connectivity index (χ2v) is 8.51. The summed E-state index contributed by atoms with van der Waals surface area (Å²) in [6.45, 7) is 4.08. The Labute approximate surface area is 160 Å². The van der Waals surface area contributed by atoms with Gasteiger partial charge in [0.1, 0.15) is 10.6 Å². The van der Waals surface area contributed by atoms with E-state index in [4.69, 9.17) is 4.74 Å². The number of nitrogens with zero attached hydrogens (tertiary/aromatic N) is 1. The highest BCUT2D eigenvalue weighted by Gasteiger charge is 2.26. The van der Waals surface area contributed by atoms with Crippen molar-refractivity contribution < 1.29 is 17.9 Å². The molecule has 1 aliphatic rings. The molecule has 2 aromatic carbocycles. The number of para-hydroxylation sites is 1. The fourth-order valence-electron chi connectivity index (χ4n) is 3.29. The number of sulfonamides is 1. The van der Waals surface area contributed by atoms with Gasteiger partial charge in [-0.1, -0.05) is 18.2 Å². The smallest absolute Gasteiger partial charge is 0.258 e. The van der Waals surface area contributed by atoms with Crippen molar-refractivity contribution in [3.05, 3.63) is 53.6 Å². The number of carbonyl (C=O) groups excluding carboxylic acids is 1. The van der Waals surface area contributed by atoms with Crippen LogP contribution < -0.4 is 14.4 Å². The molecule has 1 amide bonds. The summed E-state index contributed by atoms with van der Waals surface area (Å²) in [5.41, 5.74) is 2.32. The summed E-state index contributed by atoms with van der Waals surface area (Å²) in [5.74, 6) is -0.00968. The van der Waals surface area contributed by atoms with Gasteiger partial charge in [-0.15, -0.1) is 0 Å². The van der Waals surface area contributed by atoms with E-state index in [9.17, 15) is 13.2 Å². The van der Waals surface area contributed by atoms with Crippen LogP contribution in [0.15, 0.2) is 47.4 Å². The van der Waals surface area contributed by atoms with E-state index in [0.717, 1.165) is 24.1 Å². The molecule has 27 heavy (non-hydrogen) atoms. The molecule has 0 radical (unpaired) electrons. The lowest BCUT2D eigenvalue weighted by Crippen LogP contribution is -2.36. The molecule has 0 spiro atoms. The molecule has 0 fully saturated rings. The first-order valence-electron chi connectivity index (χ1n) is 8.93. The minimum atomic E-state index is -3.80. The third kappa shape index (κ3) is 3.99. The molecule has 0 unspecified atom stereocenters. The monoisotopic (exact) mass is 388 g/mol. The zero-order valence-corrected chi connectivity index (χ0v) is 16.5. The number of anilines is 1. The van der Waals surface area contributed by atoms with Crippen LogP contribution in [-0.4, -0.2) is 34.0 Å². The fourth-order valence-corrected chi connectivity index (χ4v) is 4.74. The van der Waals surface area contributed by atoms with Gasteiger partial charge in [-0.2, -0.15) is 0 Å². The van der Waals surface area contributed by atoms with Gasteiger partial charge < -0.3 is 9.64 Å². The van der Waals surface area contributed by atoms with Gasteiger partial charge in [-0.25, -0.2) is 13.1 Å². The molecular formula is C20H24N2O4S. The van der Waals surface area contributed by atoms with E-state index in [0.29, 0.717) is 12.1 Å². The molecule has 0 saturated carbocycles. The first-order valence-corrected chi connectivity index (χ1v) is 10.4. The number of nitrogens with one attached hydrogen (secondary N) is 1. The first kappa shape index (κ1) is 19.4. The van der Waals surface area contributed by atoms with E-state index < -0.39 is 10.0 Å². The van der Waals surface area contributed by atoms with Gasteiger partial charge in [0.25, 0.3) is 5.91 Å². The Morgan fingerprint density at radius 3 is 2.63 bits per heavy atom. The number of amides is 1. The summed E-state index contributed by atoms with van der Waals surface area (Å²) in [7, 11) is -2.39. The van der Waals surface area contributed by atoms with E-state index in [2.05, 4.69) is 4.72 Å². The van der Waals surface area contributed by atoms with Gasteiger partial charge >= 0.3 is 0 Å². The topological polar surface area (TPSA) is 75.7 Å². The Bertz CT molecular complexity index is 954. The minimum absolute atomic E-state index is 0.0326. The van der Waals surface area contributed by atoms with Gasteiger partial charge in [-0.05, 0) is 56.5 Å². The van der Waals surface area contributed by atoms with Crippen molar-refractivity contribution in [3.8, 4) is 5.75 Å². The zero-order chi connectivity index (χ0) is 19.6. The summed E-state index contributed by atoms with van der Waals surface area (Å²) in [6.07, 6.45) is 1.81. The van der Waals surface area contributed by atoms with Gasteiger partial charge in [0.15, 0.2) is 0 Å². The predicted molar refractivity (Wildman–Crippen MR) is 105 cm³/mol. The summed E-state index contributed by atoms with van der Waals surface area (Å²) < 4.78 is 33.1. The number of methoxy groups -OCH3 is 1. The molecule has 3 rings (SSSR count). The number of benzene rings is 2. The molecule has 7 heteroatoms. The van der Waals surface area contributed by atoms with Crippen LogP contribution in [0.1, 0.15) is 36.2 Å². The summed E-state index contributed by atoms with van der Waals surface area (Å²) in [4.78, 5) is 14.8. The lowest BCUT2D eigenvalue weighted by Gasteiger charge is -2.29. The standard InChI is InChI=1S/C20H24N2O4S/c1-14(2)21-27(24,25)19-13-16(10-11-18(19)26-3)20(23)22-12-6-8-15-7-4-5-9-17(15)22/h4-5,7,9-11,13-14,21H,6,8,12H2,1-3H3. The van der Waals surface area contributed by atoms with Crippen LogP contribution in [0, 0.1) is 0 Å². The molecule has 2 aromatic rings. The largest absolute Gasteiger partial charge is 0.495 e. The van der Waals surface area contributed by atoms with E-state index in [-0.39, 0.29) is 22.6 Å². The average Bonchev–Trinajstić information content (AvgIpc) is 2.65. The number of fused-ring (bicyclic) bond motifs is 1. The Morgan fingerprint density at radius 1 is 1.19 bits per heavy atom. The SMILES string of the molecule is COc1ccc(C(=O)N2CCCc3ccccc32)cc1S(=O)(=O)NC(C)C. The van der Waals surface area contributed by atoms with Crippen molar-refractivity contribution >= 4 is 21.6 Å². The second kappa shape index (κ2) is 7.70. The van der Waals surface area contributed by atoms with Crippen molar-refractivity contribution in [1.82, 2.24) is 4.72 Å². The van der Waals surface area contributed by atoms with E-state index in [1.165, 1.54) is 19.2 Å². The molecule has 1 heterocycles. The maximum absolute atomic E-state index is 13.1. The van der Waals surface area contributed by atoms with E-state index in [1.807, 2.05) is 24.3 Å². The van der Waals surface area contributed by atoms with E-state index >= 15 is 0 Å². The summed E-state index contributed by atoms with van der Waals surface area (Å²) >= 11 is 0. The number of ether oxygens (including phenoxy) is 1. The molecule has 0 saturated heterocycles. The molecule has 144 valence electrons. The van der Waals surface area contributed by atoms with Crippen LogP contribution in [-0.2, 0) is 16.4 Å². The summed E-state index contributed by atoms with van der Waals surface area (Å²) in [6, 6.07) is 12.1. The normalized spacial score (nSPS) is 14.1. The molecule has 1 aliphatic heterocycles. The quantitative estimate of drug-likeness (QED) is 0.854. The van der Waals surface area contributed by atoms with Crippen molar-refractivity contribution in [2.75, 3.05) is 18.6 Å². The third-order valence-electron chi connectivity index (χ3n) is 4.45. The molecule has 0 atom stereocenters. The Hall–Kier alpha value is -2.38. The van der Waals surface area contributed by atoms with E-state index in [1.54, 1.807) is 24.8 Å². The van der Waals surface area contributed by atoms with Crippen LogP contribution in [0.25, 0.3) is 0 Å². The van der Waals surface area contributed by atoms with Gasteiger partial charge in [0.2, 0.25) is 10.0 Å². The van der Waals surface area contributed by atoms with Crippen molar-refractivity contribution in [2.45, 2.75) is 37.6 Å². The van der Waals surface area contributed by atoms with Gasteiger partial charge in [0.05, 0.1) is 7.11 Å². The highest BCUT2D eigenvalue weighted by molar-refractivity contribution is 7.89. The van der Waals surface area contributed by atoms with Crippen LogP contribution in [0.5, 0.6) is 5.75 Å². The lowest BCUT2D eigenvalue weighted by molar-refractivity contribution is 0.0985. The van der Waals surface area contributed by atoms with Crippen LogP contribution in [0.3, 0.4) is 0 Å². The number of carbonyl (C=O) groups is 1. The molecule has 0 aliphatic carbocycles. The highest BCUT2D eigenvalue weighted by atomic mass is 32.2. The first-order chi connectivity index (χ1) is 12.8. The molecular weight excluding hydrogens is 364 g/mol. The van der Waals surface area contributed by atoms with Crippen molar-refractivity contribution in [3.63, 3.8) is 0 Å². The number of hydrogen-bond donors (Lipinski definition) is 1. The third-order valence-corrected chi connectivity index (χ3v) is 6.13. The molecule has 0 bridgehead atoms. The highest BCUT2D eigenvalue weighted by Crippen LogP contribution is 2.30. The lowest BCUT2D eigenvalue weighted by atomic mass is 10.0. The predicted octanol–water partition coefficient (Wildman–Crippen LogP) is 2.97. The van der Waals surface area contributed by atoms with Crippen LogP contribution in [0.2, 0.25) is 0 Å². The second-order valence-electron chi connectivity index (χ2n) is 6.83. The molecule has 0 aromatic heterocycles. The maximum Gasteiger partial charge on any atom is 0.258 e. The molecule has 6 nitrogen and oxygen atoms in total. The fraction of sp³-hybridized carbons (Fsp3) is 0.350. The number of rotatable bonds is 5. The zero-order valence-electron chi connectivity index (χ0n) is 15.7. The maximum atomic E-state index is 13.1. The molecule has 1 N–H and O–H groups in total. The van der Waals surface area contributed by atoms with Gasteiger partial charge in [0, 0.05) is 23.8 Å². The number of hydrogen-bond acceptors (Lipinski definition) is 4. The number of aryl methyl sites for hydroxylation is 1. The minimum Gasteiger partial charge on any atom is -0.495 e. The average molecular weight is 388 g/mol. The Kier molecular flexibility index (Phi) is 5.53. The van der Waals surface area contributed by atoms with Crippen LogP contribution in [0.4, 0.5) is 5.69 Å². The Morgan fingerprint density at radius 2 is 1.93 bits per heavy atom.